The monoisotopic (exact) mass is 322 g/mol. The number of sulfone groups is 1. The molecule has 2 rings (SSSR count). The van der Waals surface area contributed by atoms with Crippen LogP contribution < -0.4 is 0 Å². The Morgan fingerprint density at radius 1 is 1.65 bits per heavy atom. The average molecular weight is 323 g/mol. The number of rotatable bonds is 5. The number of aliphatic hydroxyl groups is 1. The van der Waals surface area contributed by atoms with Gasteiger partial charge in [-0.15, -0.1) is 0 Å². The Hall–Kier alpha value is -0.630. The van der Waals surface area contributed by atoms with E-state index >= 15 is 0 Å². The SMILES string of the molecule is COCCn1ncc(Cl)c1C1(O)CCCC1S(C)(=O)=O. The fourth-order valence-electron chi connectivity index (χ4n) is 2.94. The van der Waals surface area contributed by atoms with E-state index in [0.717, 1.165) is 6.26 Å². The first-order valence-electron chi connectivity index (χ1n) is 6.42. The second-order valence-corrected chi connectivity index (χ2v) is 7.83. The van der Waals surface area contributed by atoms with Gasteiger partial charge >= 0.3 is 0 Å². The minimum absolute atomic E-state index is 0.291. The average Bonchev–Trinajstić information content (AvgIpc) is 2.90. The number of methoxy groups -OCH3 is 1. The summed E-state index contributed by atoms with van der Waals surface area (Å²) in [6.07, 6.45) is 4.02. The highest BCUT2D eigenvalue weighted by Crippen LogP contribution is 2.44. The molecule has 0 bridgehead atoms. The summed E-state index contributed by atoms with van der Waals surface area (Å²) in [5, 5.41) is 14.5. The molecule has 0 amide bonds. The van der Waals surface area contributed by atoms with E-state index in [-0.39, 0.29) is 0 Å². The third-order valence-electron chi connectivity index (χ3n) is 3.79. The second kappa shape index (κ2) is 5.63. The Bertz CT molecular complexity index is 586. The van der Waals surface area contributed by atoms with Crippen molar-refractivity contribution in [3.05, 3.63) is 16.9 Å². The van der Waals surface area contributed by atoms with E-state index in [4.69, 9.17) is 16.3 Å². The van der Waals surface area contributed by atoms with E-state index in [1.165, 1.54) is 10.9 Å². The molecule has 1 aliphatic rings. The van der Waals surface area contributed by atoms with Gasteiger partial charge in [0.1, 0.15) is 5.60 Å². The van der Waals surface area contributed by atoms with Gasteiger partial charge in [0, 0.05) is 13.4 Å². The van der Waals surface area contributed by atoms with Crippen LogP contribution in [0.15, 0.2) is 6.20 Å². The molecule has 2 atom stereocenters. The lowest BCUT2D eigenvalue weighted by molar-refractivity contribution is 0.0367. The van der Waals surface area contributed by atoms with Gasteiger partial charge in [0.15, 0.2) is 9.84 Å². The minimum atomic E-state index is -3.37. The summed E-state index contributed by atoms with van der Waals surface area (Å²) in [4.78, 5) is 0. The Morgan fingerprint density at radius 2 is 2.35 bits per heavy atom. The molecule has 1 N–H and O–H groups in total. The van der Waals surface area contributed by atoms with Gasteiger partial charge in [0.05, 0.1) is 35.3 Å². The van der Waals surface area contributed by atoms with Crippen LogP contribution >= 0.6 is 11.6 Å². The van der Waals surface area contributed by atoms with Crippen LogP contribution in [0.25, 0.3) is 0 Å². The highest BCUT2D eigenvalue weighted by Gasteiger charge is 2.51. The summed E-state index contributed by atoms with van der Waals surface area (Å²) in [5.41, 5.74) is -1.10. The highest BCUT2D eigenvalue weighted by atomic mass is 35.5. The molecule has 20 heavy (non-hydrogen) atoms. The maximum absolute atomic E-state index is 11.9. The largest absolute Gasteiger partial charge is 0.383 e. The van der Waals surface area contributed by atoms with Crippen molar-refractivity contribution in [2.24, 2.45) is 0 Å². The number of nitrogens with zero attached hydrogens (tertiary/aromatic N) is 2. The van der Waals surface area contributed by atoms with Crippen LogP contribution in [0.3, 0.4) is 0 Å². The summed E-state index contributed by atoms with van der Waals surface area (Å²) in [6, 6.07) is 0. The zero-order valence-electron chi connectivity index (χ0n) is 11.5. The predicted octanol–water partition coefficient (Wildman–Crippen LogP) is 0.968. The van der Waals surface area contributed by atoms with E-state index in [2.05, 4.69) is 5.10 Å². The first kappa shape index (κ1) is 15.8. The van der Waals surface area contributed by atoms with Crippen LogP contribution in [0, 0.1) is 0 Å². The fraction of sp³-hybridized carbons (Fsp3) is 0.750. The van der Waals surface area contributed by atoms with Gasteiger partial charge in [-0.25, -0.2) is 8.42 Å². The molecule has 0 aliphatic heterocycles. The number of halogens is 1. The first-order chi connectivity index (χ1) is 9.30. The van der Waals surface area contributed by atoms with Crippen molar-refractivity contribution < 1.29 is 18.3 Å². The van der Waals surface area contributed by atoms with Crippen molar-refractivity contribution in [3.63, 3.8) is 0 Å². The quantitative estimate of drug-likeness (QED) is 0.873. The maximum atomic E-state index is 11.9. The minimum Gasteiger partial charge on any atom is -0.383 e. The van der Waals surface area contributed by atoms with E-state index in [0.29, 0.717) is 43.1 Å². The molecule has 2 unspecified atom stereocenters. The molecule has 1 saturated carbocycles. The number of hydrogen-bond acceptors (Lipinski definition) is 5. The van der Waals surface area contributed by atoms with Crippen molar-refractivity contribution in [2.75, 3.05) is 20.0 Å². The van der Waals surface area contributed by atoms with Crippen LogP contribution in [0.4, 0.5) is 0 Å². The Kier molecular flexibility index (Phi) is 4.44. The molecule has 1 aromatic rings. The lowest BCUT2D eigenvalue weighted by Gasteiger charge is -2.30. The molecule has 0 saturated heterocycles. The van der Waals surface area contributed by atoms with Gasteiger partial charge < -0.3 is 9.84 Å². The van der Waals surface area contributed by atoms with E-state index in [1.807, 2.05) is 0 Å². The molecule has 1 heterocycles. The lowest BCUT2D eigenvalue weighted by Crippen LogP contribution is -2.41. The molecule has 0 radical (unpaired) electrons. The molecule has 1 aromatic heterocycles. The molecule has 0 aromatic carbocycles. The van der Waals surface area contributed by atoms with Crippen molar-refractivity contribution >= 4 is 21.4 Å². The summed E-state index contributed by atoms with van der Waals surface area (Å²) >= 11 is 6.13. The van der Waals surface area contributed by atoms with Gasteiger partial charge in [-0.1, -0.05) is 11.6 Å². The number of hydrogen-bond donors (Lipinski definition) is 1. The zero-order valence-corrected chi connectivity index (χ0v) is 13.1. The zero-order chi connectivity index (χ0) is 15.0. The van der Waals surface area contributed by atoms with E-state index in [1.54, 1.807) is 7.11 Å². The Morgan fingerprint density at radius 3 is 2.95 bits per heavy atom. The third-order valence-corrected chi connectivity index (χ3v) is 5.72. The number of aromatic nitrogens is 2. The normalized spacial score (nSPS) is 27.1. The van der Waals surface area contributed by atoms with Crippen LogP contribution in [0.5, 0.6) is 0 Å². The molecular weight excluding hydrogens is 304 g/mol. The van der Waals surface area contributed by atoms with Gasteiger partial charge in [-0.05, 0) is 19.3 Å². The van der Waals surface area contributed by atoms with Crippen molar-refractivity contribution in [2.45, 2.75) is 36.7 Å². The van der Waals surface area contributed by atoms with Gasteiger partial charge in [-0.2, -0.15) is 5.10 Å². The molecule has 1 aliphatic carbocycles. The lowest BCUT2D eigenvalue weighted by atomic mass is 9.97. The molecular formula is C12H19ClN2O4S. The van der Waals surface area contributed by atoms with Crippen molar-refractivity contribution in [1.29, 1.82) is 0 Å². The topological polar surface area (TPSA) is 81.4 Å². The Balaban J connectivity index is 2.46. The predicted molar refractivity (Wildman–Crippen MR) is 75.5 cm³/mol. The molecule has 1 fully saturated rings. The van der Waals surface area contributed by atoms with Gasteiger partial charge in [0.2, 0.25) is 0 Å². The van der Waals surface area contributed by atoms with Crippen LogP contribution in [0.2, 0.25) is 5.02 Å². The second-order valence-electron chi connectivity index (χ2n) is 5.19. The smallest absolute Gasteiger partial charge is 0.153 e. The van der Waals surface area contributed by atoms with Crippen LogP contribution in [0.1, 0.15) is 25.0 Å². The van der Waals surface area contributed by atoms with Gasteiger partial charge in [0.25, 0.3) is 0 Å². The third kappa shape index (κ3) is 2.72. The van der Waals surface area contributed by atoms with Gasteiger partial charge in [-0.3, -0.25) is 4.68 Å². The molecule has 6 nitrogen and oxygen atoms in total. The van der Waals surface area contributed by atoms with E-state index in [9.17, 15) is 13.5 Å². The standard InChI is InChI=1S/C12H19ClN2O4S/c1-19-7-6-15-11(9(13)8-14-15)12(16)5-3-4-10(12)20(2,17)18/h8,10,16H,3-7H2,1-2H3. The summed E-state index contributed by atoms with van der Waals surface area (Å²) in [5.74, 6) is 0. The summed E-state index contributed by atoms with van der Waals surface area (Å²) in [6.45, 7) is 0.821. The molecule has 0 spiro atoms. The summed E-state index contributed by atoms with van der Waals surface area (Å²) in [7, 11) is -1.81. The Labute approximate surface area is 123 Å². The fourth-order valence-corrected chi connectivity index (χ4v) is 4.77. The van der Waals surface area contributed by atoms with Crippen LogP contribution in [-0.4, -0.2) is 48.5 Å². The molecule has 8 heteroatoms. The number of ether oxygens (including phenoxy) is 1. The van der Waals surface area contributed by atoms with Crippen molar-refractivity contribution in [1.82, 2.24) is 9.78 Å². The summed E-state index contributed by atoms with van der Waals surface area (Å²) < 4.78 is 30.4. The van der Waals surface area contributed by atoms with Crippen LogP contribution in [-0.2, 0) is 26.7 Å². The maximum Gasteiger partial charge on any atom is 0.153 e. The highest BCUT2D eigenvalue weighted by molar-refractivity contribution is 7.91. The first-order valence-corrected chi connectivity index (χ1v) is 8.76. The van der Waals surface area contributed by atoms with E-state index < -0.39 is 20.7 Å². The molecule has 114 valence electrons. The van der Waals surface area contributed by atoms with Crippen molar-refractivity contribution in [3.8, 4) is 0 Å².